The third-order valence-corrected chi connectivity index (χ3v) is 5.83. The van der Waals surface area contributed by atoms with Crippen molar-refractivity contribution >= 4 is 45.2 Å². The molecular weight excluding hydrogens is 446 g/mol. The predicted octanol–water partition coefficient (Wildman–Crippen LogP) is 5.15. The van der Waals surface area contributed by atoms with Crippen molar-refractivity contribution in [2.45, 2.75) is 0 Å². The molecule has 0 unspecified atom stereocenters. The van der Waals surface area contributed by atoms with Gasteiger partial charge in [0.15, 0.2) is 0 Å². The molecule has 8 heteroatoms. The lowest BCUT2D eigenvalue weighted by atomic mass is 10.0. The van der Waals surface area contributed by atoms with E-state index in [0.29, 0.717) is 22.7 Å². The number of hydrogen-bond acceptors (Lipinski definition) is 6. The molecule has 172 valence electrons. The Morgan fingerprint density at radius 3 is 2.26 bits per heavy atom. The Labute approximate surface area is 200 Å². The maximum Gasteiger partial charge on any atom is 0.282 e. The molecule has 35 heavy (non-hydrogen) atoms. The number of carbonyl (C=O) groups is 2. The highest BCUT2D eigenvalue weighted by Crippen LogP contribution is 2.38. The molecule has 0 aliphatic carbocycles. The van der Waals surface area contributed by atoms with Gasteiger partial charge >= 0.3 is 0 Å². The van der Waals surface area contributed by atoms with E-state index in [0.717, 1.165) is 15.7 Å². The Kier molecular flexibility index (Phi) is 5.46. The second-order valence-corrected chi connectivity index (χ2v) is 7.82. The fourth-order valence-corrected chi connectivity index (χ4v) is 4.17. The molecule has 1 aliphatic heterocycles. The molecule has 1 N–H and O–H groups in total. The number of rotatable bonds is 6. The fraction of sp³-hybridized carbons (Fsp3) is 0.0370. The Bertz CT molecular complexity index is 1520. The molecule has 4 aromatic rings. The third-order valence-electron chi connectivity index (χ3n) is 5.83. The molecule has 1 aliphatic rings. The van der Waals surface area contributed by atoms with Crippen molar-refractivity contribution in [3.63, 3.8) is 0 Å². The SMILES string of the molecule is COc1ccccc1N1C(=O)C(Nc2cccc3ccccc23)=C(c2ccc([N+](=O)[O-])cc2)C1=O. The molecule has 0 fully saturated rings. The molecule has 0 radical (unpaired) electrons. The summed E-state index contributed by atoms with van der Waals surface area (Å²) in [5.74, 6) is -0.750. The first-order valence-corrected chi connectivity index (χ1v) is 10.8. The lowest BCUT2D eigenvalue weighted by molar-refractivity contribution is -0.384. The van der Waals surface area contributed by atoms with Gasteiger partial charge in [0.05, 0.1) is 23.3 Å². The van der Waals surface area contributed by atoms with E-state index in [2.05, 4.69) is 5.32 Å². The van der Waals surface area contributed by atoms with Gasteiger partial charge in [-0.25, -0.2) is 4.90 Å². The summed E-state index contributed by atoms with van der Waals surface area (Å²) in [7, 11) is 1.46. The number of fused-ring (bicyclic) bond motifs is 1. The van der Waals surface area contributed by atoms with Crippen molar-refractivity contribution < 1.29 is 19.2 Å². The van der Waals surface area contributed by atoms with Gasteiger partial charge in [-0.15, -0.1) is 0 Å². The number of carbonyl (C=O) groups excluding carboxylic acids is 2. The Morgan fingerprint density at radius 2 is 1.51 bits per heavy atom. The van der Waals surface area contributed by atoms with Crippen LogP contribution in [0.1, 0.15) is 5.56 Å². The molecule has 0 saturated carbocycles. The zero-order chi connectivity index (χ0) is 24.5. The van der Waals surface area contributed by atoms with E-state index in [9.17, 15) is 19.7 Å². The molecular formula is C27H19N3O5. The topological polar surface area (TPSA) is 102 Å². The van der Waals surface area contributed by atoms with Crippen LogP contribution in [-0.2, 0) is 9.59 Å². The van der Waals surface area contributed by atoms with E-state index in [1.54, 1.807) is 24.3 Å². The third kappa shape index (κ3) is 3.76. The highest BCUT2D eigenvalue weighted by atomic mass is 16.6. The van der Waals surface area contributed by atoms with Crippen molar-refractivity contribution in [3.8, 4) is 5.75 Å². The second kappa shape index (κ2) is 8.75. The van der Waals surface area contributed by atoms with Crippen LogP contribution in [0.2, 0.25) is 0 Å². The van der Waals surface area contributed by atoms with Crippen molar-refractivity contribution in [2.24, 2.45) is 0 Å². The normalized spacial score (nSPS) is 13.5. The van der Waals surface area contributed by atoms with Gasteiger partial charge in [-0.1, -0.05) is 48.5 Å². The van der Waals surface area contributed by atoms with Gasteiger partial charge < -0.3 is 10.1 Å². The Morgan fingerprint density at radius 1 is 0.829 bits per heavy atom. The summed E-state index contributed by atoms with van der Waals surface area (Å²) in [6.45, 7) is 0. The first-order chi connectivity index (χ1) is 17.0. The van der Waals surface area contributed by atoms with Crippen LogP contribution in [0.3, 0.4) is 0 Å². The lowest BCUT2D eigenvalue weighted by Crippen LogP contribution is -2.32. The number of hydrogen-bond donors (Lipinski definition) is 1. The van der Waals surface area contributed by atoms with Gasteiger partial charge in [-0.2, -0.15) is 0 Å². The summed E-state index contributed by atoms with van der Waals surface area (Å²) in [5, 5.41) is 16.1. The number of nitrogens with zero attached hydrogens (tertiary/aromatic N) is 2. The Balaban J connectivity index is 1.67. The second-order valence-electron chi connectivity index (χ2n) is 7.82. The summed E-state index contributed by atoms with van der Waals surface area (Å²) in [6, 6.07) is 25.6. The summed E-state index contributed by atoms with van der Waals surface area (Å²) in [5.41, 5.74) is 1.42. The number of ether oxygens (including phenoxy) is 1. The molecule has 0 bridgehead atoms. The number of imide groups is 1. The van der Waals surface area contributed by atoms with Crippen molar-refractivity contribution in [3.05, 3.63) is 112 Å². The van der Waals surface area contributed by atoms with E-state index >= 15 is 0 Å². The number of benzene rings is 4. The van der Waals surface area contributed by atoms with Gasteiger partial charge in [0.2, 0.25) is 0 Å². The highest BCUT2D eigenvalue weighted by molar-refractivity contribution is 6.46. The van der Waals surface area contributed by atoms with E-state index < -0.39 is 16.7 Å². The molecule has 0 spiro atoms. The number of nitro benzene ring substituents is 1. The zero-order valence-electron chi connectivity index (χ0n) is 18.6. The van der Waals surface area contributed by atoms with Crippen LogP contribution in [0, 0.1) is 10.1 Å². The van der Waals surface area contributed by atoms with Gasteiger partial charge in [0, 0.05) is 23.2 Å². The molecule has 1 heterocycles. The summed E-state index contributed by atoms with van der Waals surface area (Å²) >= 11 is 0. The van der Waals surface area contributed by atoms with Crippen LogP contribution in [-0.4, -0.2) is 23.8 Å². The lowest BCUT2D eigenvalue weighted by Gasteiger charge is -2.18. The van der Waals surface area contributed by atoms with E-state index in [1.165, 1.54) is 31.4 Å². The molecule has 0 saturated heterocycles. The maximum absolute atomic E-state index is 13.7. The summed E-state index contributed by atoms with van der Waals surface area (Å²) in [6.07, 6.45) is 0. The number of anilines is 2. The van der Waals surface area contributed by atoms with Gasteiger partial charge in [-0.3, -0.25) is 19.7 Å². The zero-order valence-corrected chi connectivity index (χ0v) is 18.6. The molecule has 4 aromatic carbocycles. The minimum Gasteiger partial charge on any atom is -0.495 e. The first-order valence-electron chi connectivity index (χ1n) is 10.8. The van der Waals surface area contributed by atoms with Crippen LogP contribution in [0.5, 0.6) is 5.75 Å². The predicted molar refractivity (Wildman–Crippen MR) is 133 cm³/mol. The van der Waals surface area contributed by atoms with Crippen LogP contribution in [0.4, 0.5) is 17.1 Å². The number of nitrogens with one attached hydrogen (secondary N) is 1. The van der Waals surface area contributed by atoms with E-state index in [1.807, 2.05) is 42.5 Å². The molecule has 5 rings (SSSR count). The largest absolute Gasteiger partial charge is 0.495 e. The van der Waals surface area contributed by atoms with Crippen LogP contribution in [0.15, 0.2) is 96.7 Å². The van der Waals surface area contributed by atoms with Crippen LogP contribution in [0.25, 0.3) is 16.3 Å². The van der Waals surface area contributed by atoms with E-state index in [-0.39, 0.29) is 17.0 Å². The van der Waals surface area contributed by atoms with Crippen molar-refractivity contribution in [1.29, 1.82) is 0 Å². The Hall–Kier alpha value is -4.98. The minimum atomic E-state index is -0.559. The van der Waals surface area contributed by atoms with Gasteiger partial charge in [0.25, 0.3) is 17.5 Å². The number of methoxy groups -OCH3 is 1. The standard InChI is InChI=1S/C27H19N3O5/c1-35-23-12-5-4-11-22(23)29-26(31)24(18-13-15-19(16-14-18)30(33)34)25(27(29)32)28-21-10-6-8-17-7-2-3-9-20(17)21/h2-16,28H,1H3. The summed E-state index contributed by atoms with van der Waals surface area (Å²) < 4.78 is 5.39. The molecule has 8 nitrogen and oxygen atoms in total. The fourth-order valence-electron chi connectivity index (χ4n) is 4.17. The summed E-state index contributed by atoms with van der Waals surface area (Å²) in [4.78, 5) is 39.1. The van der Waals surface area contributed by atoms with Crippen molar-refractivity contribution in [1.82, 2.24) is 0 Å². The molecule has 2 amide bonds. The van der Waals surface area contributed by atoms with Gasteiger partial charge in [0.1, 0.15) is 11.4 Å². The monoisotopic (exact) mass is 465 g/mol. The maximum atomic E-state index is 13.7. The quantitative estimate of drug-likeness (QED) is 0.240. The van der Waals surface area contributed by atoms with E-state index in [4.69, 9.17) is 4.74 Å². The smallest absolute Gasteiger partial charge is 0.282 e. The number of non-ortho nitro benzene ring substituents is 1. The number of para-hydroxylation sites is 2. The highest BCUT2D eigenvalue weighted by Gasteiger charge is 2.41. The van der Waals surface area contributed by atoms with Crippen LogP contribution >= 0.6 is 0 Å². The number of amides is 2. The van der Waals surface area contributed by atoms with Crippen molar-refractivity contribution in [2.75, 3.05) is 17.3 Å². The van der Waals surface area contributed by atoms with Crippen LogP contribution < -0.4 is 15.0 Å². The minimum absolute atomic E-state index is 0.0751. The molecule has 0 aromatic heterocycles. The average Bonchev–Trinajstić information content (AvgIpc) is 3.13. The number of nitro groups is 1. The first kappa shape index (κ1) is 21.8. The molecule has 0 atom stereocenters. The van der Waals surface area contributed by atoms with Gasteiger partial charge in [-0.05, 0) is 41.3 Å². The average molecular weight is 465 g/mol.